The molecule has 0 bridgehead atoms. The van der Waals surface area contributed by atoms with Crippen LogP contribution in [0, 0.1) is 11.9 Å². The molecule has 0 spiro atoms. The first kappa shape index (κ1) is 10.9. The van der Waals surface area contributed by atoms with Gasteiger partial charge < -0.3 is 9.64 Å². The zero-order valence-corrected chi connectivity index (χ0v) is 9.84. The Morgan fingerprint density at radius 2 is 2.12 bits per heavy atom. The van der Waals surface area contributed by atoms with Gasteiger partial charge in [-0.2, -0.15) is 4.39 Å². The number of halogens is 1. The van der Waals surface area contributed by atoms with Crippen LogP contribution in [0.5, 0.6) is 0 Å². The Balaban J connectivity index is 1.75. The molecule has 0 aromatic carbocycles. The highest BCUT2D eigenvalue weighted by molar-refractivity contribution is 5.36. The van der Waals surface area contributed by atoms with E-state index in [1.165, 1.54) is 25.2 Å². The predicted molar refractivity (Wildman–Crippen MR) is 61.3 cm³/mol. The average Bonchev–Trinajstić information content (AvgIpc) is 3.13. The number of aromatic nitrogens is 2. The second-order valence-corrected chi connectivity index (χ2v) is 4.92. The summed E-state index contributed by atoms with van der Waals surface area (Å²) in [4.78, 5) is 9.88. The van der Waals surface area contributed by atoms with Gasteiger partial charge >= 0.3 is 0 Å². The molecule has 92 valence electrons. The number of morpholine rings is 1. The van der Waals surface area contributed by atoms with Gasteiger partial charge in [0, 0.05) is 13.1 Å². The lowest BCUT2D eigenvalue weighted by molar-refractivity contribution is -0.0273. The van der Waals surface area contributed by atoms with Crippen LogP contribution in [0.25, 0.3) is 0 Å². The van der Waals surface area contributed by atoms with Crippen LogP contribution in [-0.4, -0.2) is 35.3 Å². The Hall–Kier alpha value is -1.23. The zero-order chi connectivity index (χ0) is 11.8. The van der Waals surface area contributed by atoms with Gasteiger partial charge in [-0.1, -0.05) is 0 Å². The van der Waals surface area contributed by atoms with Crippen molar-refractivity contribution in [1.29, 1.82) is 0 Å². The molecule has 2 atom stereocenters. The molecule has 1 aliphatic heterocycles. The Kier molecular flexibility index (Phi) is 2.70. The summed E-state index contributed by atoms with van der Waals surface area (Å²) in [6, 6.07) is 0. The van der Waals surface area contributed by atoms with Gasteiger partial charge in [0.15, 0.2) is 0 Å². The Bertz CT molecular complexity index is 393. The van der Waals surface area contributed by atoms with E-state index in [-0.39, 0.29) is 6.10 Å². The van der Waals surface area contributed by atoms with Crippen LogP contribution in [0.15, 0.2) is 12.4 Å². The normalized spacial score (nSPS) is 29.4. The lowest BCUT2D eigenvalue weighted by atomic mass is 10.1. The standard InChI is InChI=1S/C12H16FN3O/c1-8-6-16(7-10(17-8)9-2-3-9)12-5-14-11(13)4-15-12/h4-5,8-10H,2-3,6-7H2,1H3. The average molecular weight is 237 g/mol. The van der Waals surface area contributed by atoms with Crippen LogP contribution in [0.2, 0.25) is 0 Å². The molecular weight excluding hydrogens is 221 g/mol. The van der Waals surface area contributed by atoms with Crippen molar-refractivity contribution < 1.29 is 9.13 Å². The van der Waals surface area contributed by atoms with Crippen molar-refractivity contribution in [2.24, 2.45) is 5.92 Å². The molecule has 1 aromatic rings. The van der Waals surface area contributed by atoms with E-state index < -0.39 is 5.95 Å². The first-order valence-electron chi connectivity index (χ1n) is 6.10. The summed E-state index contributed by atoms with van der Waals surface area (Å²) in [6.07, 6.45) is 5.69. The summed E-state index contributed by atoms with van der Waals surface area (Å²) < 4.78 is 18.7. The van der Waals surface area contributed by atoms with E-state index in [1.807, 2.05) is 0 Å². The lowest BCUT2D eigenvalue weighted by Crippen LogP contribution is -2.47. The first-order valence-corrected chi connectivity index (χ1v) is 6.10. The third-order valence-corrected chi connectivity index (χ3v) is 3.36. The third-order valence-electron chi connectivity index (χ3n) is 3.36. The van der Waals surface area contributed by atoms with Gasteiger partial charge in [-0.05, 0) is 25.7 Å². The molecule has 2 fully saturated rings. The van der Waals surface area contributed by atoms with Crippen molar-refractivity contribution in [1.82, 2.24) is 9.97 Å². The second kappa shape index (κ2) is 4.22. The first-order chi connectivity index (χ1) is 8.22. The van der Waals surface area contributed by atoms with Crippen LogP contribution in [0.4, 0.5) is 10.2 Å². The topological polar surface area (TPSA) is 38.2 Å². The molecule has 4 nitrogen and oxygen atoms in total. The summed E-state index contributed by atoms with van der Waals surface area (Å²) in [5.74, 6) is 0.912. The largest absolute Gasteiger partial charge is 0.371 e. The molecule has 1 aromatic heterocycles. The molecule has 0 N–H and O–H groups in total. The van der Waals surface area contributed by atoms with Crippen molar-refractivity contribution in [3.63, 3.8) is 0 Å². The second-order valence-electron chi connectivity index (χ2n) is 4.92. The Labute approximate surface area is 99.8 Å². The molecule has 2 aliphatic rings. The summed E-state index contributed by atoms with van der Waals surface area (Å²) >= 11 is 0. The minimum atomic E-state index is -0.534. The van der Waals surface area contributed by atoms with Gasteiger partial charge in [-0.15, -0.1) is 0 Å². The molecule has 3 rings (SSSR count). The molecule has 0 amide bonds. The summed E-state index contributed by atoms with van der Waals surface area (Å²) in [7, 11) is 0. The fourth-order valence-electron chi connectivity index (χ4n) is 2.37. The molecule has 2 unspecified atom stereocenters. The van der Waals surface area contributed by atoms with E-state index in [0.29, 0.717) is 12.0 Å². The SMILES string of the molecule is CC1CN(c2cnc(F)cn2)CC(C2CC2)O1. The molecule has 1 saturated carbocycles. The van der Waals surface area contributed by atoms with Gasteiger partial charge in [-0.25, -0.2) is 9.97 Å². The highest BCUT2D eigenvalue weighted by Crippen LogP contribution is 2.37. The van der Waals surface area contributed by atoms with Crippen molar-refractivity contribution >= 4 is 5.82 Å². The molecule has 1 saturated heterocycles. The molecule has 0 radical (unpaired) electrons. The molecule has 2 heterocycles. The smallest absolute Gasteiger partial charge is 0.231 e. The number of hydrogen-bond donors (Lipinski definition) is 0. The van der Waals surface area contributed by atoms with Gasteiger partial charge in [0.1, 0.15) is 5.82 Å². The third kappa shape index (κ3) is 2.39. The maximum atomic E-state index is 12.7. The van der Waals surface area contributed by atoms with Gasteiger partial charge in [-0.3, -0.25) is 0 Å². The quantitative estimate of drug-likeness (QED) is 0.783. The van der Waals surface area contributed by atoms with Crippen molar-refractivity contribution in [3.8, 4) is 0 Å². The number of nitrogens with zero attached hydrogens (tertiary/aromatic N) is 3. The fourth-order valence-corrected chi connectivity index (χ4v) is 2.37. The van der Waals surface area contributed by atoms with Crippen LogP contribution in [0.1, 0.15) is 19.8 Å². The van der Waals surface area contributed by atoms with E-state index in [2.05, 4.69) is 21.8 Å². The molecule has 5 heteroatoms. The zero-order valence-electron chi connectivity index (χ0n) is 9.84. The number of anilines is 1. The highest BCUT2D eigenvalue weighted by Gasteiger charge is 2.37. The highest BCUT2D eigenvalue weighted by atomic mass is 19.1. The van der Waals surface area contributed by atoms with E-state index in [4.69, 9.17) is 4.74 Å². The monoisotopic (exact) mass is 237 g/mol. The summed E-state index contributed by atoms with van der Waals surface area (Å²) in [6.45, 7) is 3.71. The van der Waals surface area contributed by atoms with E-state index in [0.717, 1.165) is 18.9 Å². The Morgan fingerprint density at radius 1 is 1.29 bits per heavy atom. The maximum Gasteiger partial charge on any atom is 0.231 e. The van der Waals surface area contributed by atoms with Crippen molar-refractivity contribution in [3.05, 3.63) is 18.3 Å². The Morgan fingerprint density at radius 3 is 2.76 bits per heavy atom. The minimum absolute atomic E-state index is 0.196. The van der Waals surface area contributed by atoms with Crippen molar-refractivity contribution in [2.75, 3.05) is 18.0 Å². The van der Waals surface area contributed by atoms with Crippen LogP contribution >= 0.6 is 0 Å². The minimum Gasteiger partial charge on any atom is -0.371 e. The van der Waals surface area contributed by atoms with Gasteiger partial charge in [0.05, 0.1) is 24.6 Å². The predicted octanol–water partition coefficient (Wildman–Crippen LogP) is 1.62. The van der Waals surface area contributed by atoms with Crippen molar-refractivity contribution in [2.45, 2.75) is 32.0 Å². The molecular formula is C12H16FN3O. The lowest BCUT2D eigenvalue weighted by Gasteiger charge is -2.37. The van der Waals surface area contributed by atoms with E-state index in [1.54, 1.807) is 0 Å². The summed E-state index contributed by atoms with van der Waals surface area (Å²) in [5.41, 5.74) is 0. The number of rotatable bonds is 2. The van der Waals surface area contributed by atoms with Crippen LogP contribution < -0.4 is 4.90 Å². The van der Waals surface area contributed by atoms with Crippen LogP contribution in [-0.2, 0) is 4.74 Å². The van der Waals surface area contributed by atoms with Crippen LogP contribution in [0.3, 0.4) is 0 Å². The molecule has 17 heavy (non-hydrogen) atoms. The van der Waals surface area contributed by atoms with Gasteiger partial charge in [0.25, 0.3) is 0 Å². The summed E-state index contributed by atoms with van der Waals surface area (Å²) in [5, 5.41) is 0. The fraction of sp³-hybridized carbons (Fsp3) is 0.667. The van der Waals surface area contributed by atoms with E-state index in [9.17, 15) is 4.39 Å². The number of hydrogen-bond acceptors (Lipinski definition) is 4. The molecule has 1 aliphatic carbocycles. The van der Waals surface area contributed by atoms with Gasteiger partial charge in [0.2, 0.25) is 5.95 Å². The maximum absolute atomic E-state index is 12.7. The van der Waals surface area contributed by atoms with E-state index >= 15 is 0 Å². The number of ether oxygens (including phenoxy) is 1.